The minimum Gasteiger partial charge on any atom is -0.657 e. The van der Waals surface area contributed by atoms with E-state index in [1.165, 1.54) is 0 Å². The molecule has 0 saturated carbocycles. The van der Waals surface area contributed by atoms with Gasteiger partial charge in [-0.2, -0.15) is 0 Å². The number of nitrogens with zero attached hydrogens (tertiary/aromatic N) is 4. The first-order chi connectivity index (χ1) is 27.4. The van der Waals surface area contributed by atoms with Crippen LogP contribution in [0.15, 0.2) is 133 Å². The minimum absolute atomic E-state index is 0. The second-order valence-electron chi connectivity index (χ2n) is 14.2. The van der Waals surface area contributed by atoms with Gasteiger partial charge in [0.05, 0.1) is 34.5 Å². The van der Waals surface area contributed by atoms with E-state index in [1.807, 2.05) is 159 Å². The van der Waals surface area contributed by atoms with Crippen LogP contribution in [0.3, 0.4) is 0 Å². The van der Waals surface area contributed by atoms with Crippen LogP contribution >= 0.6 is 0 Å². The largest absolute Gasteiger partial charge is 2.00 e. The summed E-state index contributed by atoms with van der Waals surface area (Å²) in [4.78, 5) is 50.6. The first kappa shape index (κ1) is 35.9. The number of allylic oxidation sites excluding steroid dienone is 2. The van der Waals surface area contributed by atoms with Gasteiger partial charge in [0.2, 0.25) is 5.78 Å². The topological polar surface area (TPSA) is 97.3 Å². The maximum Gasteiger partial charge on any atom is 2.00 e. The standard InChI is InChI=1S/C49H34N4O3.Zn/c1-28(2)56-49-46(47(54)35-20-17-29-11-9-10-16-34(29)44(35)48(49)55)45-40-25-23-38(52-40)42(30-12-5-3-6-13-30)36-21-18-32(50-36)27-33-19-22-37(51-33)43(31-14-7-4-8-15-31)39-24-26-41(45)53-39;/h3-28H,1-2H3,(H2,50,51,52,53,54,55);/q;+2/p-2. The number of ether oxygens (including phenoxy) is 1. The van der Waals surface area contributed by atoms with Crippen molar-refractivity contribution in [3.63, 3.8) is 0 Å². The van der Waals surface area contributed by atoms with Crippen LogP contribution in [0, 0.1) is 0 Å². The molecule has 2 aliphatic heterocycles. The van der Waals surface area contributed by atoms with Crippen LogP contribution < -0.4 is 9.97 Å². The molecule has 8 bridgehead atoms. The molecule has 0 atom stereocenters. The van der Waals surface area contributed by atoms with Crippen LogP contribution in [0.1, 0.15) is 62.9 Å². The fourth-order valence-corrected chi connectivity index (χ4v) is 7.82. The predicted octanol–water partition coefficient (Wildman–Crippen LogP) is 10.6. The Bertz CT molecular complexity index is 3030. The number of hydrogen-bond acceptors (Lipinski definition) is 5. The van der Waals surface area contributed by atoms with E-state index in [4.69, 9.17) is 24.7 Å². The third-order valence-electron chi connectivity index (χ3n) is 10.2. The number of ketones is 2. The maximum absolute atomic E-state index is 15.1. The van der Waals surface area contributed by atoms with Gasteiger partial charge in [-0.3, -0.25) is 9.59 Å². The molecule has 0 unspecified atom stereocenters. The van der Waals surface area contributed by atoms with Crippen molar-refractivity contribution in [2.45, 2.75) is 20.0 Å². The Hall–Kier alpha value is -6.76. The van der Waals surface area contributed by atoms with E-state index in [9.17, 15) is 4.79 Å². The molecule has 1 aliphatic carbocycles. The molecular weight excluding hydrogens is 758 g/mol. The van der Waals surface area contributed by atoms with E-state index in [2.05, 4.69) is 0 Å². The molecule has 0 radical (unpaired) electrons. The second kappa shape index (κ2) is 14.4. The third-order valence-corrected chi connectivity index (χ3v) is 10.2. The number of carbonyl (C=O) groups is 2. The van der Waals surface area contributed by atoms with Crippen LogP contribution in [0.25, 0.3) is 85.0 Å². The summed E-state index contributed by atoms with van der Waals surface area (Å²) >= 11 is 0. The zero-order valence-corrected chi connectivity index (χ0v) is 34.2. The number of Topliss-reactive ketones (excluding diaryl/α,β-unsaturated/α-hetero) is 2. The van der Waals surface area contributed by atoms with Gasteiger partial charge in [-0.1, -0.05) is 121 Å². The second-order valence-corrected chi connectivity index (χ2v) is 14.2. The molecule has 4 aromatic carbocycles. The molecule has 8 heteroatoms. The normalized spacial score (nSPS) is 13.3. The van der Waals surface area contributed by atoms with Crippen molar-refractivity contribution in [3.8, 4) is 22.3 Å². The summed E-state index contributed by atoms with van der Waals surface area (Å²) in [5.74, 6) is -0.712. The van der Waals surface area contributed by atoms with Crippen LogP contribution in [0.5, 0.6) is 0 Å². The molecule has 5 heterocycles. The van der Waals surface area contributed by atoms with Gasteiger partial charge in [-0.05, 0) is 77.2 Å². The van der Waals surface area contributed by atoms with Crippen LogP contribution in [0.2, 0.25) is 0 Å². The maximum atomic E-state index is 15.1. The fraction of sp³-hybridized carbons (Fsp3) is 0.0612. The Morgan fingerprint density at radius 1 is 0.544 bits per heavy atom. The number of aromatic nitrogens is 4. The van der Waals surface area contributed by atoms with Gasteiger partial charge in [0, 0.05) is 16.7 Å². The average molecular weight is 790 g/mol. The van der Waals surface area contributed by atoms with Gasteiger partial charge < -0.3 is 14.7 Å². The molecule has 3 aromatic heterocycles. The average Bonchev–Trinajstić information content (AvgIpc) is 4.06. The molecule has 7 nitrogen and oxygen atoms in total. The number of carbonyl (C=O) groups excluding carboxylic acids is 2. The van der Waals surface area contributed by atoms with Gasteiger partial charge >= 0.3 is 19.5 Å². The smallest absolute Gasteiger partial charge is 0.657 e. The molecule has 268 valence electrons. The number of hydrogen-bond donors (Lipinski definition) is 0. The molecule has 0 fully saturated rings. The SMILES string of the molecule is CC(C)OC1=C(c2c3nc(c(-c4ccccc4)c4ccc(cc5nc(c(-c6ccccc6)c6ccc2[n-]6)C=C5)[n-]4)C=C3)C(=O)c2ccc3ccccc3c2C1=O.[Zn+2]. The summed E-state index contributed by atoms with van der Waals surface area (Å²) in [6, 6.07) is 41.0. The van der Waals surface area contributed by atoms with Gasteiger partial charge in [-0.15, -0.1) is 22.1 Å². The minimum atomic E-state index is -0.408. The molecule has 3 aliphatic rings. The van der Waals surface area contributed by atoms with E-state index < -0.39 is 6.10 Å². The summed E-state index contributed by atoms with van der Waals surface area (Å²) in [6.45, 7) is 3.70. The first-order valence-corrected chi connectivity index (χ1v) is 18.6. The van der Waals surface area contributed by atoms with Crippen LogP contribution in [-0.4, -0.2) is 27.6 Å². The summed E-state index contributed by atoms with van der Waals surface area (Å²) in [6.07, 6.45) is 7.38. The Morgan fingerprint density at radius 2 is 1.12 bits per heavy atom. The third kappa shape index (κ3) is 6.19. The molecule has 0 spiro atoms. The molecule has 0 N–H and O–H groups in total. The summed E-state index contributed by atoms with van der Waals surface area (Å²) in [5, 5.41) is 1.56. The number of benzene rings is 4. The Morgan fingerprint density at radius 3 is 1.82 bits per heavy atom. The van der Waals surface area contributed by atoms with E-state index in [-0.39, 0.29) is 42.4 Å². The van der Waals surface area contributed by atoms with Crippen molar-refractivity contribution in [1.82, 2.24) is 19.9 Å². The predicted molar refractivity (Wildman–Crippen MR) is 223 cm³/mol. The molecule has 0 amide bonds. The van der Waals surface area contributed by atoms with Crippen LogP contribution in [-0.2, 0) is 24.2 Å². The fourth-order valence-electron chi connectivity index (χ4n) is 7.82. The van der Waals surface area contributed by atoms with Crippen LogP contribution in [0.4, 0.5) is 0 Å². The molecule has 7 aromatic rings. The molecular formula is C49H32N4O3Zn. The van der Waals surface area contributed by atoms with Gasteiger partial charge in [-0.25, -0.2) is 9.97 Å². The van der Waals surface area contributed by atoms with E-state index in [0.717, 1.165) is 50.1 Å². The van der Waals surface area contributed by atoms with Crippen molar-refractivity contribution >= 4 is 74.3 Å². The summed E-state index contributed by atoms with van der Waals surface area (Å²) < 4.78 is 6.40. The van der Waals surface area contributed by atoms with E-state index in [0.29, 0.717) is 44.5 Å². The Labute approximate surface area is 341 Å². The number of rotatable bonds is 5. The zero-order chi connectivity index (χ0) is 37.9. The Balaban J connectivity index is 0.00000422. The molecule has 10 rings (SSSR count). The first-order valence-electron chi connectivity index (χ1n) is 18.6. The quantitative estimate of drug-likeness (QED) is 0.160. The number of fused-ring (bicyclic) bond motifs is 11. The van der Waals surface area contributed by atoms with Gasteiger partial charge in [0.15, 0.2) is 11.5 Å². The summed E-state index contributed by atoms with van der Waals surface area (Å²) in [7, 11) is 0. The zero-order valence-electron chi connectivity index (χ0n) is 31.2. The van der Waals surface area contributed by atoms with Crippen molar-refractivity contribution in [3.05, 3.63) is 173 Å². The van der Waals surface area contributed by atoms with Gasteiger partial charge in [0.25, 0.3) is 0 Å². The molecule has 57 heavy (non-hydrogen) atoms. The van der Waals surface area contributed by atoms with E-state index in [1.54, 1.807) is 6.07 Å². The summed E-state index contributed by atoms with van der Waals surface area (Å²) in [5.41, 5.74) is 9.96. The van der Waals surface area contributed by atoms with Crippen molar-refractivity contribution in [2.75, 3.05) is 0 Å². The van der Waals surface area contributed by atoms with E-state index >= 15 is 4.79 Å². The van der Waals surface area contributed by atoms with Crippen molar-refractivity contribution in [1.29, 1.82) is 0 Å². The molecule has 0 saturated heterocycles. The van der Waals surface area contributed by atoms with Crippen molar-refractivity contribution in [2.24, 2.45) is 0 Å². The Kier molecular flexibility index (Phi) is 9.07. The van der Waals surface area contributed by atoms with Gasteiger partial charge in [0.1, 0.15) is 0 Å². The van der Waals surface area contributed by atoms with Crippen molar-refractivity contribution < 1.29 is 33.8 Å². The monoisotopic (exact) mass is 788 g/mol.